The van der Waals surface area contributed by atoms with Crippen molar-refractivity contribution in [1.29, 1.82) is 0 Å². The summed E-state index contributed by atoms with van der Waals surface area (Å²) in [6.45, 7) is 2.16. The highest BCUT2D eigenvalue weighted by molar-refractivity contribution is 7.99. The van der Waals surface area contributed by atoms with Crippen molar-refractivity contribution in [3.05, 3.63) is 35.9 Å². The maximum absolute atomic E-state index is 11.1. The second-order valence-electron chi connectivity index (χ2n) is 3.90. The number of thioether (sulfide) groups is 1. The van der Waals surface area contributed by atoms with Gasteiger partial charge in [0.05, 0.1) is 5.52 Å². The Morgan fingerprint density at radius 2 is 2.18 bits per heavy atom. The molecule has 2 aromatic rings. The Labute approximate surface area is 105 Å². The molecule has 2 rings (SSSR count). The number of aldehydes is 1. The predicted molar refractivity (Wildman–Crippen MR) is 72.8 cm³/mol. The molecular weight excluding hydrogens is 230 g/mol. The highest BCUT2D eigenvalue weighted by atomic mass is 32.2. The quantitative estimate of drug-likeness (QED) is 0.454. The molecule has 1 aromatic heterocycles. The first-order chi connectivity index (χ1) is 8.35. The first kappa shape index (κ1) is 12.1. The molecule has 0 radical (unpaired) electrons. The largest absolute Gasteiger partial charge is 0.298 e. The van der Waals surface area contributed by atoms with E-state index in [2.05, 4.69) is 11.9 Å². The molecule has 0 aliphatic carbocycles. The van der Waals surface area contributed by atoms with E-state index in [0.29, 0.717) is 5.56 Å². The molecular formula is C14H15NOS. The van der Waals surface area contributed by atoms with Crippen LogP contribution in [0.2, 0.25) is 0 Å². The van der Waals surface area contributed by atoms with E-state index < -0.39 is 0 Å². The van der Waals surface area contributed by atoms with E-state index in [4.69, 9.17) is 0 Å². The minimum absolute atomic E-state index is 0.699. The van der Waals surface area contributed by atoms with Crippen LogP contribution >= 0.6 is 11.8 Å². The lowest BCUT2D eigenvalue weighted by Crippen LogP contribution is -1.92. The van der Waals surface area contributed by atoms with Crippen LogP contribution in [0.25, 0.3) is 10.9 Å². The molecule has 3 heteroatoms. The summed E-state index contributed by atoms with van der Waals surface area (Å²) < 4.78 is 0. The molecule has 0 N–H and O–H groups in total. The van der Waals surface area contributed by atoms with E-state index in [1.165, 1.54) is 0 Å². The Bertz CT molecular complexity index is 525. The van der Waals surface area contributed by atoms with Gasteiger partial charge in [-0.05, 0) is 24.3 Å². The fourth-order valence-electron chi connectivity index (χ4n) is 1.63. The molecule has 0 aliphatic rings. The van der Waals surface area contributed by atoms with Crippen LogP contribution in [-0.4, -0.2) is 17.0 Å². The molecule has 1 heterocycles. The summed E-state index contributed by atoms with van der Waals surface area (Å²) in [5.74, 6) is 1.02. The van der Waals surface area contributed by atoms with E-state index in [1.807, 2.05) is 30.3 Å². The molecule has 0 amide bonds. The van der Waals surface area contributed by atoms with Gasteiger partial charge in [-0.3, -0.25) is 4.79 Å². The minimum atomic E-state index is 0.699. The summed E-state index contributed by atoms with van der Waals surface area (Å²) >= 11 is 1.67. The lowest BCUT2D eigenvalue weighted by Gasteiger charge is -2.05. The number of unbranched alkanes of at least 4 members (excludes halogenated alkanes) is 1. The highest BCUT2D eigenvalue weighted by Gasteiger charge is 2.06. The van der Waals surface area contributed by atoms with Gasteiger partial charge >= 0.3 is 0 Å². The summed E-state index contributed by atoms with van der Waals surface area (Å²) in [6.07, 6.45) is 3.21. The van der Waals surface area contributed by atoms with Crippen molar-refractivity contribution in [2.45, 2.75) is 24.8 Å². The average Bonchev–Trinajstić information content (AvgIpc) is 2.38. The van der Waals surface area contributed by atoms with Crippen LogP contribution in [-0.2, 0) is 0 Å². The molecule has 0 saturated heterocycles. The zero-order chi connectivity index (χ0) is 12.1. The van der Waals surface area contributed by atoms with E-state index in [0.717, 1.165) is 40.8 Å². The number of hydrogen-bond donors (Lipinski definition) is 0. The van der Waals surface area contributed by atoms with E-state index in [-0.39, 0.29) is 0 Å². The number of para-hydroxylation sites is 1. The number of hydrogen-bond acceptors (Lipinski definition) is 3. The molecule has 1 aromatic carbocycles. The van der Waals surface area contributed by atoms with Gasteiger partial charge in [0.25, 0.3) is 0 Å². The standard InChI is InChI=1S/C14H15NOS/c1-2-3-8-17-14-12(10-16)9-11-6-4-5-7-13(11)15-14/h4-7,9-10H,2-3,8H2,1H3. The topological polar surface area (TPSA) is 30.0 Å². The molecule has 17 heavy (non-hydrogen) atoms. The van der Waals surface area contributed by atoms with Crippen molar-refractivity contribution < 1.29 is 4.79 Å². The van der Waals surface area contributed by atoms with Gasteiger partial charge in [-0.1, -0.05) is 31.5 Å². The molecule has 2 nitrogen and oxygen atoms in total. The molecule has 0 aliphatic heterocycles. The predicted octanol–water partition coefficient (Wildman–Crippen LogP) is 3.94. The maximum Gasteiger partial charge on any atom is 0.152 e. The Hall–Kier alpha value is -1.35. The third-order valence-corrected chi connectivity index (χ3v) is 3.67. The van der Waals surface area contributed by atoms with Crippen molar-refractivity contribution >= 4 is 29.0 Å². The van der Waals surface area contributed by atoms with Crippen molar-refractivity contribution in [1.82, 2.24) is 4.98 Å². The SMILES string of the molecule is CCCCSc1nc2ccccc2cc1C=O. The molecule has 88 valence electrons. The van der Waals surface area contributed by atoms with Gasteiger partial charge in [0, 0.05) is 10.9 Å². The molecule has 0 spiro atoms. The zero-order valence-electron chi connectivity index (χ0n) is 9.85. The minimum Gasteiger partial charge on any atom is -0.298 e. The van der Waals surface area contributed by atoms with Gasteiger partial charge in [-0.15, -0.1) is 11.8 Å². The second-order valence-corrected chi connectivity index (χ2v) is 4.98. The Morgan fingerprint density at radius 1 is 1.35 bits per heavy atom. The Balaban J connectivity index is 2.35. The summed E-state index contributed by atoms with van der Waals surface area (Å²) in [5, 5.41) is 1.88. The van der Waals surface area contributed by atoms with Gasteiger partial charge in [-0.25, -0.2) is 4.98 Å². The zero-order valence-corrected chi connectivity index (χ0v) is 10.7. The fraction of sp³-hybridized carbons (Fsp3) is 0.286. The third-order valence-electron chi connectivity index (χ3n) is 2.58. The molecule has 0 saturated carbocycles. The monoisotopic (exact) mass is 245 g/mol. The molecule has 0 atom stereocenters. The van der Waals surface area contributed by atoms with Crippen LogP contribution in [0.5, 0.6) is 0 Å². The van der Waals surface area contributed by atoms with Crippen LogP contribution in [0.15, 0.2) is 35.4 Å². The number of rotatable bonds is 5. The molecule has 0 bridgehead atoms. The van der Waals surface area contributed by atoms with Crippen molar-refractivity contribution in [3.63, 3.8) is 0 Å². The van der Waals surface area contributed by atoms with Crippen LogP contribution in [0.4, 0.5) is 0 Å². The number of benzene rings is 1. The van der Waals surface area contributed by atoms with Gasteiger partial charge in [0.1, 0.15) is 5.03 Å². The first-order valence-electron chi connectivity index (χ1n) is 5.83. The lowest BCUT2D eigenvalue weighted by atomic mass is 10.2. The summed E-state index contributed by atoms with van der Waals surface area (Å²) in [5.41, 5.74) is 1.65. The number of pyridine rings is 1. The lowest BCUT2D eigenvalue weighted by molar-refractivity contribution is 0.112. The van der Waals surface area contributed by atoms with E-state index >= 15 is 0 Å². The second kappa shape index (κ2) is 5.82. The van der Waals surface area contributed by atoms with Crippen LogP contribution < -0.4 is 0 Å². The van der Waals surface area contributed by atoms with Gasteiger partial charge in [-0.2, -0.15) is 0 Å². The van der Waals surface area contributed by atoms with E-state index in [9.17, 15) is 4.79 Å². The van der Waals surface area contributed by atoms with E-state index in [1.54, 1.807) is 11.8 Å². The Kier molecular flexibility index (Phi) is 4.15. The Morgan fingerprint density at radius 3 is 2.94 bits per heavy atom. The van der Waals surface area contributed by atoms with Gasteiger partial charge < -0.3 is 0 Å². The molecule has 0 fully saturated rings. The third kappa shape index (κ3) is 2.86. The summed E-state index contributed by atoms with van der Waals surface area (Å²) in [6, 6.07) is 9.81. The van der Waals surface area contributed by atoms with Crippen molar-refractivity contribution in [2.24, 2.45) is 0 Å². The first-order valence-corrected chi connectivity index (χ1v) is 6.81. The van der Waals surface area contributed by atoms with Gasteiger partial charge in [0.2, 0.25) is 0 Å². The summed E-state index contributed by atoms with van der Waals surface area (Å²) in [7, 11) is 0. The van der Waals surface area contributed by atoms with Crippen molar-refractivity contribution in [2.75, 3.05) is 5.75 Å². The molecule has 0 unspecified atom stereocenters. The smallest absolute Gasteiger partial charge is 0.152 e. The number of carbonyl (C=O) groups is 1. The number of fused-ring (bicyclic) bond motifs is 1. The average molecular weight is 245 g/mol. The maximum atomic E-state index is 11.1. The fourth-order valence-corrected chi connectivity index (χ4v) is 2.69. The van der Waals surface area contributed by atoms with Crippen molar-refractivity contribution in [3.8, 4) is 0 Å². The number of aromatic nitrogens is 1. The highest BCUT2D eigenvalue weighted by Crippen LogP contribution is 2.24. The normalized spacial score (nSPS) is 10.6. The van der Waals surface area contributed by atoms with Gasteiger partial charge in [0.15, 0.2) is 6.29 Å². The number of carbonyl (C=O) groups excluding carboxylic acids is 1. The number of nitrogens with zero attached hydrogens (tertiary/aromatic N) is 1. The van der Waals surface area contributed by atoms with Crippen LogP contribution in [0.1, 0.15) is 30.1 Å². The van der Waals surface area contributed by atoms with Crippen LogP contribution in [0.3, 0.4) is 0 Å². The van der Waals surface area contributed by atoms with Crippen LogP contribution in [0, 0.1) is 0 Å². The summed E-state index contributed by atoms with van der Waals surface area (Å²) in [4.78, 5) is 15.6.